The van der Waals surface area contributed by atoms with Gasteiger partial charge in [-0.15, -0.1) is 0 Å². The van der Waals surface area contributed by atoms with E-state index in [0.717, 1.165) is 0 Å². The average Bonchev–Trinajstić information content (AvgIpc) is 2.30. The molecule has 0 fully saturated rings. The van der Waals surface area contributed by atoms with Crippen LogP contribution in [0.2, 0.25) is 5.02 Å². The molecule has 0 aliphatic heterocycles. The number of rotatable bonds is 4. The molecule has 1 aromatic rings. The van der Waals surface area contributed by atoms with Gasteiger partial charge < -0.3 is 11.1 Å². The maximum Gasteiger partial charge on any atom is 0.328 e. The van der Waals surface area contributed by atoms with Crippen molar-refractivity contribution in [2.45, 2.75) is 25.2 Å². The van der Waals surface area contributed by atoms with Gasteiger partial charge >= 0.3 is 6.03 Å². The van der Waals surface area contributed by atoms with Gasteiger partial charge in [0, 0.05) is 12.2 Å². The third-order valence-corrected chi connectivity index (χ3v) is 4.17. The summed E-state index contributed by atoms with van der Waals surface area (Å²) in [5.74, 6) is 0. The highest BCUT2D eigenvalue weighted by Gasteiger charge is 2.21. The van der Waals surface area contributed by atoms with Crippen LogP contribution in [0.1, 0.15) is 18.9 Å². The Balaban J connectivity index is 3.01. The summed E-state index contributed by atoms with van der Waals surface area (Å²) in [6.07, 6.45) is 0.700. The molecular weight excluding hydrogens is 290 g/mol. The standard InChI is InChI=1S/C11H16ClN3O3S/c1-3-4-14-11(16)15-19(17,18)10-6-9(13)7(2)5-8(10)12/h5-6H,3-4,13H2,1-2H3,(H2,14,15,16). The fourth-order valence-electron chi connectivity index (χ4n) is 1.33. The predicted octanol–water partition coefficient (Wildman–Crippen LogP) is 1.63. The molecule has 0 unspecified atom stereocenters. The van der Waals surface area contributed by atoms with E-state index in [1.807, 2.05) is 11.6 Å². The molecule has 0 aliphatic rings. The number of hydrogen-bond acceptors (Lipinski definition) is 4. The van der Waals surface area contributed by atoms with Crippen LogP contribution in [0.25, 0.3) is 0 Å². The zero-order valence-corrected chi connectivity index (χ0v) is 12.2. The summed E-state index contributed by atoms with van der Waals surface area (Å²) in [6, 6.07) is 1.87. The number of amides is 2. The minimum Gasteiger partial charge on any atom is -0.398 e. The van der Waals surface area contributed by atoms with Crippen LogP contribution in [0.4, 0.5) is 10.5 Å². The molecule has 1 aromatic carbocycles. The van der Waals surface area contributed by atoms with E-state index in [1.54, 1.807) is 6.92 Å². The lowest BCUT2D eigenvalue weighted by Crippen LogP contribution is -2.39. The molecule has 106 valence electrons. The lowest BCUT2D eigenvalue weighted by atomic mass is 10.2. The summed E-state index contributed by atoms with van der Waals surface area (Å²) in [5, 5.41) is 2.42. The maximum absolute atomic E-state index is 12.0. The molecule has 1 rings (SSSR count). The number of halogens is 1. The van der Waals surface area contributed by atoms with E-state index in [1.165, 1.54) is 12.1 Å². The normalized spacial score (nSPS) is 11.1. The smallest absolute Gasteiger partial charge is 0.328 e. The second-order valence-corrected chi connectivity index (χ2v) is 6.06. The van der Waals surface area contributed by atoms with Gasteiger partial charge in [-0.2, -0.15) is 0 Å². The van der Waals surface area contributed by atoms with Crippen molar-refractivity contribution in [1.29, 1.82) is 0 Å². The fraction of sp³-hybridized carbons (Fsp3) is 0.364. The summed E-state index contributed by atoms with van der Waals surface area (Å²) in [6.45, 7) is 3.94. The molecule has 0 saturated heterocycles. The first kappa shape index (κ1) is 15.6. The van der Waals surface area contributed by atoms with Crippen LogP contribution < -0.4 is 15.8 Å². The van der Waals surface area contributed by atoms with Gasteiger partial charge in [0.15, 0.2) is 0 Å². The number of nitrogens with two attached hydrogens (primary N) is 1. The molecule has 0 saturated carbocycles. The van der Waals surface area contributed by atoms with Gasteiger partial charge in [0.25, 0.3) is 10.0 Å². The monoisotopic (exact) mass is 305 g/mol. The number of nitrogen functional groups attached to an aromatic ring is 1. The Hall–Kier alpha value is -1.47. The molecule has 0 aromatic heterocycles. The lowest BCUT2D eigenvalue weighted by Gasteiger charge is -2.11. The van der Waals surface area contributed by atoms with E-state index in [0.29, 0.717) is 24.2 Å². The molecule has 0 atom stereocenters. The Kier molecular flexibility index (Phi) is 5.02. The van der Waals surface area contributed by atoms with Gasteiger partial charge in [-0.25, -0.2) is 17.9 Å². The summed E-state index contributed by atoms with van der Waals surface area (Å²) in [4.78, 5) is 11.2. The SMILES string of the molecule is CCCNC(=O)NS(=O)(=O)c1cc(N)c(C)cc1Cl. The van der Waals surface area contributed by atoms with Crippen LogP contribution in [-0.2, 0) is 10.0 Å². The van der Waals surface area contributed by atoms with Gasteiger partial charge in [-0.05, 0) is 31.0 Å². The highest BCUT2D eigenvalue weighted by molar-refractivity contribution is 7.90. The largest absolute Gasteiger partial charge is 0.398 e. The number of hydrogen-bond donors (Lipinski definition) is 3. The van der Waals surface area contributed by atoms with Crippen molar-refractivity contribution in [2.75, 3.05) is 12.3 Å². The van der Waals surface area contributed by atoms with Gasteiger partial charge in [-0.3, -0.25) is 0 Å². The summed E-state index contributed by atoms with van der Waals surface area (Å²) in [5.41, 5.74) is 6.60. The minimum atomic E-state index is -4.03. The van der Waals surface area contributed by atoms with Crippen molar-refractivity contribution in [1.82, 2.24) is 10.0 Å². The topological polar surface area (TPSA) is 101 Å². The van der Waals surface area contributed by atoms with Crippen LogP contribution in [-0.4, -0.2) is 21.0 Å². The summed E-state index contributed by atoms with van der Waals surface area (Å²) >= 11 is 5.87. The van der Waals surface area contributed by atoms with Gasteiger partial charge in [0.2, 0.25) is 0 Å². The third-order valence-electron chi connectivity index (χ3n) is 2.37. The second kappa shape index (κ2) is 6.12. The van der Waals surface area contributed by atoms with E-state index in [4.69, 9.17) is 17.3 Å². The van der Waals surface area contributed by atoms with E-state index in [9.17, 15) is 13.2 Å². The molecule has 4 N–H and O–H groups in total. The highest BCUT2D eigenvalue weighted by atomic mass is 35.5. The Morgan fingerprint density at radius 2 is 2.05 bits per heavy atom. The fourth-order valence-corrected chi connectivity index (χ4v) is 2.87. The Bertz CT molecular complexity index is 587. The molecule has 0 spiro atoms. The first-order valence-corrected chi connectivity index (χ1v) is 7.50. The number of urea groups is 1. The van der Waals surface area contributed by atoms with E-state index >= 15 is 0 Å². The van der Waals surface area contributed by atoms with Gasteiger partial charge in [0.1, 0.15) is 4.90 Å². The van der Waals surface area contributed by atoms with Gasteiger partial charge in [0.05, 0.1) is 5.02 Å². The van der Waals surface area contributed by atoms with Crippen LogP contribution in [0, 0.1) is 6.92 Å². The van der Waals surface area contributed by atoms with Gasteiger partial charge in [-0.1, -0.05) is 18.5 Å². The van der Waals surface area contributed by atoms with Crippen LogP contribution in [0.5, 0.6) is 0 Å². The number of carbonyl (C=O) groups is 1. The molecule has 0 bridgehead atoms. The number of benzene rings is 1. The number of anilines is 1. The van der Waals surface area contributed by atoms with Crippen molar-refractivity contribution in [2.24, 2.45) is 0 Å². The van der Waals surface area contributed by atoms with E-state index < -0.39 is 16.1 Å². The molecule has 19 heavy (non-hydrogen) atoms. The molecule has 6 nitrogen and oxygen atoms in total. The quantitative estimate of drug-likeness (QED) is 0.736. The average molecular weight is 306 g/mol. The van der Waals surface area contributed by atoms with Crippen LogP contribution in [0.3, 0.4) is 0 Å². The maximum atomic E-state index is 12.0. The number of carbonyl (C=O) groups excluding carboxylic acids is 1. The van der Waals surface area contributed by atoms with Crippen molar-refractivity contribution in [3.8, 4) is 0 Å². The number of aryl methyl sites for hydroxylation is 1. The molecule has 0 radical (unpaired) electrons. The molecule has 2 amide bonds. The lowest BCUT2D eigenvalue weighted by molar-refractivity contribution is 0.246. The van der Waals surface area contributed by atoms with Crippen molar-refractivity contribution >= 4 is 33.3 Å². The van der Waals surface area contributed by atoms with Crippen molar-refractivity contribution in [3.05, 3.63) is 22.7 Å². The molecule has 0 aliphatic carbocycles. The van der Waals surface area contributed by atoms with Crippen LogP contribution in [0.15, 0.2) is 17.0 Å². The molecule has 0 heterocycles. The predicted molar refractivity (Wildman–Crippen MR) is 74.6 cm³/mol. The summed E-state index contributed by atoms with van der Waals surface area (Å²) < 4.78 is 25.8. The van der Waals surface area contributed by atoms with E-state index in [-0.39, 0.29) is 9.92 Å². The van der Waals surface area contributed by atoms with Crippen molar-refractivity contribution < 1.29 is 13.2 Å². The zero-order chi connectivity index (χ0) is 14.6. The molecular formula is C11H16ClN3O3S. The number of nitrogens with one attached hydrogen (secondary N) is 2. The Morgan fingerprint density at radius 1 is 1.42 bits per heavy atom. The molecule has 8 heteroatoms. The third kappa shape index (κ3) is 4.00. The Morgan fingerprint density at radius 3 is 2.63 bits per heavy atom. The van der Waals surface area contributed by atoms with E-state index in [2.05, 4.69) is 5.32 Å². The highest BCUT2D eigenvalue weighted by Crippen LogP contribution is 2.26. The van der Waals surface area contributed by atoms with Crippen LogP contribution >= 0.6 is 11.6 Å². The van der Waals surface area contributed by atoms with Crippen molar-refractivity contribution in [3.63, 3.8) is 0 Å². The number of sulfonamides is 1. The zero-order valence-electron chi connectivity index (χ0n) is 10.7. The Labute approximate surface area is 117 Å². The first-order chi connectivity index (χ1) is 8.77. The summed E-state index contributed by atoms with van der Waals surface area (Å²) in [7, 11) is -4.03. The first-order valence-electron chi connectivity index (χ1n) is 5.64. The minimum absolute atomic E-state index is 0.0162. The second-order valence-electron chi connectivity index (χ2n) is 4.00.